The lowest BCUT2D eigenvalue weighted by atomic mass is 10.1. The predicted molar refractivity (Wildman–Crippen MR) is 67.5 cm³/mol. The Labute approximate surface area is 99.4 Å². The van der Waals surface area contributed by atoms with E-state index in [9.17, 15) is 4.79 Å². The minimum Gasteiger partial charge on any atom is -0.338 e. The van der Waals surface area contributed by atoms with Crippen LogP contribution in [0.15, 0.2) is 0 Å². The third kappa shape index (κ3) is 5.99. The molecular weight excluding hydrogens is 200 g/mol. The van der Waals surface area contributed by atoms with E-state index in [2.05, 4.69) is 17.6 Å². The number of carbonyl (C=O) groups is 1. The molecule has 0 saturated heterocycles. The maximum absolute atomic E-state index is 11.5. The van der Waals surface area contributed by atoms with E-state index in [1.165, 1.54) is 38.5 Å². The van der Waals surface area contributed by atoms with E-state index >= 15 is 0 Å². The third-order valence-electron chi connectivity index (χ3n) is 3.26. The maximum atomic E-state index is 11.5. The predicted octanol–water partition coefficient (Wildman–Crippen LogP) is 3.20. The smallest absolute Gasteiger partial charge is 0.315 e. The van der Waals surface area contributed by atoms with Crippen LogP contribution in [0.1, 0.15) is 64.7 Å². The molecule has 0 aromatic heterocycles. The Balaban J connectivity index is 1.89. The van der Waals surface area contributed by atoms with E-state index in [1.807, 2.05) is 0 Å². The second-order valence-electron chi connectivity index (χ2n) is 4.80. The summed E-state index contributed by atoms with van der Waals surface area (Å²) in [6.07, 6.45) is 11.1. The van der Waals surface area contributed by atoms with Crippen molar-refractivity contribution < 1.29 is 4.79 Å². The molecule has 2 N–H and O–H groups in total. The van der Waals surface area contributed by atoms with Crippen LogP contribution in [-0.4, -0.2) is 18.6 Å². The normalized spacial score (nSPS) is 16.3. The number of unbranched alkanes of at least 4 members (excludes halogenated alkanes) is 4. The first-order valence-corrected chi connectivity index (χ1v) is 6.87. The fourth-order valence-electron chi connectivity index (χ4n) is 2.24. The average molecular weight is 226 g/mol. The summed E-state index contributed by atoms with van der Waals surface area (Å²) in [7, 11) is 0. The van der Waals surface area contributed by atoms with Crippen molar-refractivity contribution in [2.45, 2.75) is 70.8 Å². The summed E-state index contributed by atoms with van der Waals surface area (Å²) in [5.74, 6) is 0. The van der Waals surface area contributed by atoms with Gasteiger partial charge >= 0.3 is 6.03 Å². The Morgan fingerprint density at radius 2 is 1.81 bits per heavy atom. The molecule has 1 saturated carbocycles. The monoisotopic (exact) mass is 226 g/mol. The minimum absolute atomic E-state index is 0.0300. The molecular formula is C13H26N2O. The molecule has 0 spiro atoms. The lowest BCUT2D eigenvalue weighted by Crippen LogP contribution is -2.41. The van der Waals surface area contributed by atoms with Gasteiger partial charge in [0.25, 0.3) is 0 Å². The lowest BCUT2D eigenvalue weighted by molar-refractivity contribution is 0.237. The van der Waals surface area contributed by atoms with E-state index < -0.39 is 0 Å². The van der Waals surface area contributed by atoms with Crippen molar-refractivity contribution in [2.75, 3.05) is 6.54 Å². The van der Waals surface area contributed by atoms with Crippen molar-refractivity contribution in [3.63, 3.8) is 0 Å². The molecule has 0 bridgehead atoms. The minimum atomic E-state index is 0.0300. The van der Waals surface area contributed by atoms with Crippen LogP contribution in [0.5, 0.6) is 0 Å². The van der Waals surface area contributed by atoms with Crippen molar-refractivity contribution in [3.8, 4) is 0 Å². The van der Waals surface area contributed by atoms with E-state index in [0.29, 0.717) is 6.04 Å². The van der Waals surface area contributed by atoms with Gasteiger partial charge in [0.1, 0.15) is 0 Å². The van der Waals surface area contributed by atoms with Crippen LogP contribution in [-0.2, 0) is 0 Å². The molecule has 16 heavy (non-hydrogen) atoms. The number of urea groups is 1. The van der Waals surface area contributed by atoms with Crippen LogP contribution in [0.2, 0.25) is 0 Å². The molecule has 1 aliphatic rings. The zero-order chi connectivity index (χ0) is 11.6. The van der Waals surface area contributed by atoms with E-state index in [4.69, 9.17) is 0 Å². The number of carbonyl (C=O) groups excluding carboxylic acids is 1. The van der Waals surface area contributed by atoms with Crippen LogP contribution in [0, 0.1) is 0 Å². The number of rotatable bonds is 7. The molecule has 0 heterocycles. The Hall–Kier alpha value is -0.730. The van der Waals surface area contributed by atoms with Crippen molar-refractivity contribution in [1.29, 1.82) is 0 Å². The summed E-state index contributed by atoms with van der Waals surface area (Å²) in [5.41, 5.74) is 0. The highest BCUT2D eigenvalue weighted by Gasteiger charge is 2.16. The second-order valence-corrected chi connectivity index (χ2v) is 4.80. The van der Waals surface area contributed by atoms with Gasteiger partial charge in [-0.05, 0) is 19.3 Å². The van der Waals surface area contributed by atoms with Crippen molar-refractivity contribution in [2.24, 2.45) is 0 Å². The largest absolute Gasteiger partial charge is 0.338 e. The lowest BCUT2D eigenvalue weighted by Gasteiger charge is -2.12. The van der Waals surface area contributed by atoms with Crippen LogP contribution in [0.3, 0.4) is 0 Å². The van der Waals surface area contributed by atoms with Gasteiger partial charge in [-0.3, -0.25) is 0 Å². The average Bonchev–Trinajstić information content (AvgIpc) is 2.76. The molecule has 0 aromatic carbocycles. The van der Waals surface area contributed by atoms with E-state index in [-0.39, 0.29) is 6.03 Å². The molecule has 94 valence electrons. The summed E-state index contributed by atoms with van der Waals surface area (Å²) in [6, 6.07) is 0.461. The molecule has 3 heteroatoms. The maximum Gasteiger partial charge on any atom is 0.315 e. The Morgan fingerprint density at radius 1 is 1.12 bits per heavy atom. The first-order valence-electron chi connectivity index (χ1n) is 6.87. The van der Waals surface area contributed by atoms with Crippen LogP contribution >= 0.6 is 0 Å². The molecule has 0 unspecified atom stereocenters. The van der Waals surface area contributed by atoms with Gasteiger partial charge in [0, 0.05) is 12.6 Å². The zero-order valence-corrected chi connectivity index (χ0v) is 10.6. The molecule has 1 rings (SSSR count). The number of hydrogen-bond donors (Lipinski definition) is 2. The Bertz CT molecular complexity index is 188. The van der Waals surface area contributed by atoms with Crippen LogP contribution in [0.25, 0.3) is 0 Å². The molecule has 1 fully saturated rings. The van der Waals surface area contributed by atoms with Gasteiger partial charge in [0.2, 0.25) is 0 Å². The number of amides is 2. The number of hydrogen-bond acceptors (Lipinski definition) is 1. The molecule has 0 radical (unpaired) electrons. The molecule has 0 aliphatic heterocycles. The van der Waals surface area contributed by atoms with Gasteiger partial charge < -0.3 is 10.6 Å². The zero-order valence-electron chi connectivity index (χ0n) is 10.6. The van der Waals surface area contributed by atoms with Gasteiger partial charge in [-0.2, -0.15) is 0 Å². The highest BCUT2D eigenvalue weighted by molar-refractivity contribution is 5.74. The SMILES string of the molecule is CCCCCCCNC(=O)NC1CCCC1. The first kappa shape index (κ1) is 13.3. The summed E-state index contributed by atoms with van der Waals surface area (Å²) in [5, 5.41) is 5.97. The quantitative estimate of drug-likeness (QED) is 0.643. The molecule has 3 nitrogen and oxygen atoms in total. The second kappa shape index (κ2) is 8.43. The van der Waals surface area contributed by atoms with Gasteiger partial charge in [0.15, 0.2) is 0 Å². The third-order valence-corrected chi connectivity index (χ3v) is 3.26. The van der Waals surface area contributed by atoms with Gasteiger partial charge in [-0.1, -0.05) is 45.4 Å². The van der Waals surface area contributed by atoms with E-state index in [0.717, 1.165) is 25.8 Å². The van der Waals surface area contributed by atoms with E-state index in [1.54, 1.807) is 0 Å². The topological polar surface area (TPSA) is 41.1 Å². The molecule has 1 aliphatic carbocycles. The Morgan fingerprint density at radius 3 is 2.50 bits per heavy atom. The molecule has 0 aromatic rings. The van der Waals surface area contributed by atoms with Gasteiger partial charge in [0.05, 0.1) is 0 Å². The summed E-state index contributed by atoms with van der Waals surface area (Å²) in [6.45, 7) is 3.04. The van der Waals surface area contributed by atoms with Crippen LogP contribution in [0.4, 0.5) is 4.79 Å². The van der Waals surface area contributed by atoms with Crippen molar-refractivity contribution in [3.05, 3.63) is 0 Å². The summed E-state index contributed by atoms with van der Waals surface area (Å²) in [4.78, 5) is 11.5. The first-order chi connectivity index (χ1) is 7.83. The number of nitrogens with one attached hydrogen (secondary N) is 2. The fourth-order valence-corrected chi connectivity index (χ4v) is 2.24. The standard InChI is InChI=1S/C13H26N2O/c1-2-3-4-5-8-11-14-13(16)15-12-9-6-7-10-12/h12H,2-11H2,1H3,(H2,14,15,16). The fraction of sp³-hybridized carbons (Fsp3) is 0.923. The van der Waals surface area contributed by atoms with Crippen molar-refractivity contribution in [1.82, 2.24) is 10.6 Å². The highest BCUT2D eigenvalue weighted by atomic mass is 16.2. The van der Waals surface area contributed by atoms with Crippen LogP contribution < -0.4 is 10.6 Å². The molecule has 2 amide bonds. The summed E-state index contributed by atoms with van der Waals surface area (Å²) < 4.78 is 0. The van der Waals surface area contributed by atoms with Gasteiger partial charge in [-0.15, -0.1) is 0 Å². The Kier molecular flexibility index (Phi) is 7.02. The summed E-state index contributed by atoms with van der Waals surface area (Å²) >= 11 is 0. The van der Waals surface area contributed by atoms with Crippen molar-refractivity contribution >= 4 is 6.03 Å². The molecule has 0 atom stereocenters. The highest BCUT2D eigenvalue weighted by Crippen LogP contribution is 2.17. The van der Waals surface area contributed by atoms with Gasteiger partial charge in [-0.25, -0.2) is 4.79 Å².